The minimum atomic E-state index is 0.696. The largest absolute Gasteiger partial charge is 0.490 e. The molecule has 0 spiro atoms. The number of ether oxygens (including phenoxy) is 2. The van der Waals surface area contributed by atoms with Crippen LogP contribution in [0.4, 0.5) is 0 Å². The number of allylic oxidation sites excluding steroid dienone is 2. The number of nitrogens with zero attached hydrogens (tertiary/aromatic N) is 2. The van der Waals surface area contributed by atoms with Crippen LogP contribution >= 0.6 is 0 Å². The zero-order valence-corrected chi connectivity index (χ0v) is 20.2. The maximum absolute atomic E-state index is 5.78. The van der Waals surface area contributed by atoms with Crippen LogP contribution in [0.2, 0.25) is 0 Å². The Kier molecular flexibility index (Phi) is 14.1. The zero-order valence-electron chi connectivity index (χ0n) is 20.2. The van der Waals surface area contributed by atoms with Crippen molar-refractivity contribution in [1.29, 1.82) is 0 Å². The molecule has 1 heterocycles. The van der Waals surface area contributed by atoms with Gasteiger partial charge in [-0.2, -0.15) is 0 Å². The maximum Gasteiger partial charge on any atom is 0.159 e. The van der Waals surface area contributed by atoms with Crippen molar-refractivity contribution in [1.82, 2.24) is 9.97 Å². The van der Waals surface area contributed by atoms with Gasteiger partial charge in [-0.25, -0.2) is 9.97 Å². The summed E-state index contributed by atoms with van der Waals surface area (Å²) in [5.74, 6) is 1.48. The summed E-state index contributed by atoms with van der Waals surface area (Å²) in [4.78, 5) is 8.96. The molecule has 0 aliphatic heterocycles. The molecule has 0 bridgehead atoms. The molecule has 0 aliphatic carbocycles. The first kappa shape index (κ1) is 26.1. The third-order valence-electron chi connectivity index (χ3n) is 5.37. The van der Waals surface area contributed by atoms with Crippen molar-refractivity contribution in [3.05, 3.63) is 54.4 Å². The second kappa shape index (κ2) is 17.4. The normalized spacial score (nSPS) is 11.3. The zero-order chi connectivity index (χ0) is 22.7. The molecule has 0 N–H and O–H groups in total. The second-order valence-corrected chi connectivity index (χ2v) is 8.32. The van der Waals surface area contributed by atoms with Crippen LogP contribution in [0.1, 0.15) is 83.6 Å². The van der Waals surface area contributed by atoms with E-state index in [0.29, 0.717) is 6.61 Å². The van der Waals surface area contributed by atoms with Crippen LogP contribution in [-0.4, -0.2) is 29.8 Å². The molecule has 2 aromatic rings. The predicted octanol–water partition coefficient (Wildman–Crippen LogP) is 7.58. The highest BCUT2D eigenvalue weighted by molar-refractivity contribution is 5.55. The molecule has 0 amide bonds. The lowest BCUT2D eigenvalue weighted by molar-refractivity contribution is 0.130. The molecule has 0 unspecified atom stereocenters. The number of aryl methyl sites for hydroxylation is 1. The molecule has 1 aromatic heterocycles. The molecule has 32 heavy (non-hydrogen) atoms. The van der Waals surface area contributed by atoms with Crippen molar-refractivity contribution >= 4 is 0 Å². The molecule has 176 valence electrons. The van der Waals surface area contributed by atoms with Crippen LogP contribution < -0.4 is 4.74 Å². The van der Waals surface area contributed by atoms with Crippen LogP contribution in [0.3, 0.4) is 0 Å². The van der Waals surface area contributed by atoms with Gasteiger partial charge in [0.25, 0.3) is 0 Å². The lowest BCUT2D eigenvalue weighted by Gasteiger charge is -2.07. The summed E-state index contributed by atoms with van der Waals surface area (Å²) in [6, 6.07) is 8.60. The summed E-state index contributed by atoms with van der Waals surface area (Å²) >= 11 is 0. The maximum atomic E-state index is 5.78. The molecule has 2 rings (SSSR count). The minimum absolute atomic E-state index is 0.696. The Morgan fingerprint density at radius 1 is 0.719 bits per heavy atom. The number of unbranched alkanes of at least 4 members (excludes halogenated alkanes) is 6. The molecular formula is C28H42N2O2. The number of hydrogen-bond acceptors (Lipinski definition) is 4. The van der Waals surface area contributed by atoms with Crippen molar-refractivity contribution < 1.29 is 9.47 Å². The van der Waals surface area contributed by atoms with E-state index in [0.717, 1.165) is 62.5 Å². The van der Waals surface area contributed by atoms with Gasteiger partial charge in [0.15, 0.2) is 11.6 Å². The lowest BCUT2D eigenvalue weighted by atomic mass is 10.0. The molecule has 0 saturated carbocycles. The van der Waals surface area contributed by atoms with E-state index in [9.17, 15) is 0 Å². The van der Waals surface area contributed by atoms with Gasteiger partial charge in [-0.1, -0.05) is 69.5 Å². The Hall–Kier alpha value is -2.20. The van der Waals surface area contributed by atoms with Gasteiger partial charge in [0, 0.05) is 18.8 Å². The van der Waals surface area contributed by atoms with Crippen LogP contribution in [0, 0.1) is 0 Å². The van der Waals surface area contributed by atoms with Crippen molar-refractivity contribution in [2.45, 2.75) is 84.5 Å². The van der Waals surface area contributed by atoms with Gasteiger partial charge in [-0.15, -0.1) is 0 Å². The van der Waals surface area contributed by atoms with E-state index >= 15 is 0 Å². The van der Waals surface area contributed by atoms with Crippen LogP contribution in [0.25, 0.3) is 11.4 Å². The highest BCUT2D eigenvalue weighted by atomic mass is 16.5. The third kappa shape index (κ3) is 11.4. The molecule has 4 heteroatoms. The first-order valence-corrected chi connectivity index (χ1v) is 12.6. The Labute approximate surface area is 195 Å². The molecular weight excluding hydrogens is 396 g/mol. The van der Waals surface area contributed by atoms with Crippen molar-refractivity contribution in [2.75, 3.05) is 19.8 Å². The van der Waals surface area contributed by atoms with E-state index in [-0.39, 0.29) is 0 Å². The summed E-state index contributed by atoms with van der Waals surface area (Å²) in [5.41, 5.74) is 2.41. The highest BCUT2D eigenvalue weighted by Gasteiger charge is 2.03. The van der Waals surface area contributed by atoms with Crippen LogP contribution in [-0.2, 0) is 11.2 Å². The Morgan fingerprint density at radius 3 is 2.19 bits per heavy atom. The molecule has 0 saturated heterocycles. The Balaban J connectivity index is 1.63. The van der Waals surface area contributed by atoms with E-state index in [4.69, 9.17) is 9.47 Å². The van der Waals surface area contributed by atoms with E-state index in [1.54, 1.807) is 12.4 Å². The topological polar surface area (TPSA) is 44.2 Å². The number of aromatic nitrogens is 2. The molecule has 0 radical (unpaired) electrons. The standard InChI is InChI=1S/C28H42N2O2/c1-3-5-6-7-8-9-10-14-22-32-27-23-29-28(30-24-27)26-18-16-25(17-19-26)15-12-11-13-21-31-20-4-2/h8-9,16-19,23-24H,3-7,10-15,20-22H2,1-2H3. The fraction of sp³-hybridized carbons (Fsp3) is 0.571. The monoisotopic (exact) mass is 438 g/mol. The van der Waals surface area contributed by atoms with Gasteiger partial charge < -0.3 is 9.47 Å². The van der Waals surface area contributed by atoms with Gasteiger partial charge in [0.05, 0.1) is 19.0 Å². The summed E-state index contributed by atoms with van der Waals surface area (Å²) in [7, 11) is 0. The van der Waals surface area contributed by atoms with E-state index in [1.807, 2.05) is 0 Å². The molecule has 0 atom stereocenters. The van der Waals surface area contributed by atoms with Crippen LogP contribution in [0.5, 0.6) is 5.75 Å². The second-order valence-electron chi connectivity index (χ2n) is 8.32. The summed E-state index contributed by atoms with van der Waals surface area (Å²) < 4.78 is 11.3. The lowest BCUT2D eigenvalue weighted by Crippen LogP contribution is -1.98. The first-order valence-electron chi connectivity index (χ1n) is 12.6. The molecule has 4 nitrogen and oxygen atoms in total. The summed E-state index contributed by atoms with van der Waals surface area (Å²) in [6.45, 7) is 6.85. The van der Waals surface area contributed by atoms with Gasteiger partial charge in [0.1, 0.15) is 0 Å². The van der Waals surface area contributed by atoms with Crippen molar-refractivity contribution in [2.24, 2.45) is 0 Å². The van der Waals surface area contributed by atoms with E-state index in [1.165, 1.54) is 44.1 Å². The average Bonchev–Trinajstić information content (AvgIpc) is 2.83. The van der Waals surface area contributed by atoms with E-state index in [2.05, 4.69) is 60.2 Å². The quantitative estimate of drug-likeness (QED) is 0.178. The number of hydrogen-bond donors (Lipinski definition) is 0. The molecule has 0 fully saturated rings. The van der Waals surface area contributed by atoms with Gasteiger partial charge >= 0.3 is 0 Å². The molecule has 1 aromatic carbocycles. The van der Waals surface area contributed by atoms with Crippen molar-refractivity contribution in [3.8, 4) is 17.1 Å². The fourth-order valence-electron chi connectivity index (χ4n) is 3.46. The summed E-state index contributed by atoms with van der Waals surface area (Å²) in [5, 5.41) is 0. The first-order chi connectivity index (χ1) is 15.8. The fourth-order valence-corrected chi connectivity index (χ4v) is 3.46. The third-order valence-corrected chi connectivity index (χ3v) is 5.37. The van der Waals surface area contributed by atoms with Crippen LogP contribution in [0.15, 0.2) is 48.8 Å². The van der Waals surface area contributed by atoms with Crippen molar-refractivity contribution in [3.63, 3.8) is 0 Å². The average molecular weight is 439 g/mol. The highest BCUT2D eigenvalue weighted by Crippen LogP contribution is 2.18. The molecule has 0 aliphatic rings. The number of rotatable bonds is 18. The van der Waals surface area contributed by atoms with Gasteiger partial charge in [0.2, 0.25) is 0 Å². The van der Waals surface area contributed by atoms with Gasteiger partial charge in [-0.3, -0.25) is 0 Å². The smallest absolute Gasteiger partial charge is 0.159 e. The predicted molar refractivity (Wildman–Crippen MR) is 134 cm³/mol. The Morgan fingerprint density at radius 2 is 1.47 bits per heavy atom. The van der Waals surface area contributed by atoms with E-state index < -0.39 is 0 Å². The SMILES string of the molecule is CCCCCC=CCCCOc1cnc(-c2ccc(CCCCCOCCC)cc2)nc1. The number of benzene rings is 1. The minimum Gasteiger partial charge on any atom is -0.490 e. The van der Waals surface area contributed by atoms with Gasteiger partial charge in [-0.05, 0) is 56.9 Å². The Bertz CT molecular complexity index is 726. The summed E-state index contributed by atoms with van der Waals surface area (Å²) in [6.07, 6.45) is 21.0.